The lowest BCUT2D eigenvalue weighted by atomic mass is 10.5. The summed E-state index contributed by atoms with van der Waals surface area (Å²) in [6, 6.07) is 0. The van der Waals surface area contributed by atoms with Crippen LogP contribution in [-0.2, 0) is 19.3 Å². The van der Waals surface area contributed by atoms with Gasteiger partial charge in [0, 0.05) is 6.54 Å². The van der Waals surface area contributed by atoms with Gasteiger partial charge in [-0.3, -0.25) is 9.59 Å². The lowest BCUT2D eigenvalue weighted by Gasteiger charge is -2.14. The molecule has 0 aromatic heterocycles. The molecule has 12 heavy (non-hydrogen) atoms. The predicted octanol–water partition coefficient (Wildman–Crippen LogP) is -0.926. The van der Waals surface area contributed by atoms with E-state index in [9.17, 15) is 9.59 Å². The van der Waals surface area contributed by atoms with Gasteiger partial charge in [0.2, 0.25) is 0 Å². The van der Waals surface area contributed by atoms with Crippen LogP contribution in [0, 0.1) is 0 Å². The second-order valence-electron chi connectivity index (χ2n) is 1.79. The minimum Gasteiger partial charge on any atom is -0.348 e. The van der Waals surface area contributed by atoms with Gasteiger partial charge in [0.1, 0.15) is 0 Å². The summed E-state index contributed by atoms with van der Waals surface area (Å²) in [6.07, 6.45) is 0. The van der Waals surface area contributed by atoms with Gasteiger partial charge < -0.3 is 5.32 Å². The minimum absolute atomic E-state index is 0.381. The molecular formula is C6H12N2O4. The van der Waals surface area contributed by atoms with Crippen LogP contribution >= 0.6 is 0 Å². The summed E-state index contributed by atoms with van der Waals surface area (Å²) in [5, 5.41) is 2.80. The molecule has 0 spiro atoms. The fourth-order valence-corrected chi connectivity index (χ4v) is 0.559. The van der Waals surface area contributed by atoms with Crippen LogP contribution in [0.15, 0.2) is 0 Å². The van der Waals surface area contributed by atoms with E-state index in [0.717, 1.165) is 0 Å². The van der Waals surface area contributed by atoms with Crippen LogP contribution in [-0.4, -0.2) is 37.8 Å². The van der Waals surface area contributed by atoms with Crippen molar-refractivity contribution in [3.8, 4) is 0 Å². The van der Waals surface area contributed by atoms with E-state index in [1.165, 1.54) is 14.2 Å². The predicted molar refractivity (Wildman–Crippen MR) is 39.5 cm³/mol. The molecule has 6 nitrogen and oxygen atoms in total. The van der Waals surface area contributed by atoms with Gasteiger partial charge in [0.15, 0.2) is 0 Å². The van der Waals surface area contributed by atoms with Crippen molar-refractivity contribution in [1.29, 1.82) is 0 Å². The minimum atomic E-state index is -0.887. The molecular weight excluding hydrogens is 164 g/mol. The molecule has 0 radical (unpaired) electrons. The number of carbonyl (C=O) groups excluding carboxylic acids is 2. The first-order chi connectivity index (χ1) is 5.67. The Labute approximate surface area is 70.3 Å². The number of hydrogen-bond donors (Lipinski definition) is 1. The molecule has 0 bridgehead atoms. The lowest BCUT2D eigenvalue weighted by Crippen LogP contribution is -2.41. The van der Waals surface area contributed by atoms with Gasteiger partial charge in [0.05, 0.1) is 14.2 Å². The molecule has 70 valence electrons. The SMILES string of the molecule is CCNC(=O)C(=O)N(OC)OC. The van der Waals surface area contributed by atoms with E-state index >= 15 is 0 Å². The molecule has 0 aliphatic rings. The summed E-state index contributed by atoms with van der Waals surface area (Å²) in [4.78, 5) is 30.7. The normalized spacial score (nSPS) is 9.25. The molecule has 1 N–H and O–H groups in total. The fraction of sp³-hybridized carbons (Fsp3) is 0.667. The third-order valence-electron chi connectivity index (χ3n) is 1.03. The molecule has 0 aromatic rings. The third kappa shape index (κ3) is 2.85. The van der Waals surface area contributed by atoms with Crippen LogP contribution in [0.25, 0.3) is 0 Å². The van der Waals surface area contributed by atoms with Gasteiger partial charge in [0.25, 0.3) is 0 Å². The van der Waals surface area contributed by atoms with Crippen LogP contribution in [0.4, 0.5) is 0 Å². The summed E-state index contributed by atoms with van der Waals surface area (Å²) in [5.41, 5.74) is 0. The number of hydroxylamine groups is 2. The quantitative estimate of drug-likeness (QED) is 0.446. The zero-order valence-corrected chi connectivity index (χ0v) is 7.29. The summed E-state index contributed by atoms with van der Waals surface area (Å²) < 4.78 is 0. The van der Waals surface area contributed by atoms with E-state index in [1.54, 1.807) is 6.92 Å². The highest BCUT2D eigenvalue weighted by Crippen LogP contribution is 1.89. The zero-order chi connectivity index (χ0) is 9.56. The molecule has 0 atom stereocenters. The first-order valence-corrected chi connectivity index (χ1v) is 3.37. The van der Waals surface area contributed by atoms with E-state index < -0.39 is 11.8 Å². The van der Waals surface area contributed by atoms with E-state index in [2.05, 4.69) is 15.0 Å². The number of likely N-dealkylation sites (N-methyl/N-ethyl adjacent to an activating group) is 1. The highest BCUT2D eigenvalue weighted by atomic mass is 16.9. The van der Waals surface area contributed by atoms with E-state index in [4.69, 9.17) is 0 Å². The van der Waals surface area contributed by atoms with Crippen LogP contribution in [0.5, 0.6) is 0 Å². The summed E-state index contributed by atoms with van der Waals surface area (Å²) >= 11 is 0. The van der Waals surface area contributed by atoms with Crippen molar-refractivity contribution in [3.05, 3.63) is 0 Å². The average Bonchev–Trinajstić information content (AvgIpc) is 2.07. The fourth-order valence-electron chi connectivity index (χ4n) is 0.559. The summed E-state index contributed by atoms with van der Waals surface area (Å²) in [6.45, 7) is 2.08. The molecule has 0 aromatic carbocycles. The first-order valence-electron chi connectivity index (χ1n) is 3.37. The van der Waals surface area contributed by atoms with Crippen molar-refractivity contribution in [2.45, 2.75) is 6.92 Å². The van der Waals surface area contributed by atoms with Crippen molar-refractivity contribution >= 4 is 11.8 Å². The Kier molecular flexibility index (Phi) is 4.98. The molecule has 0 aliphatic carbocycles. The Morgan fingerprint density at radius 2 is 1.83 bits per heavy atom. The smallest absolute Gasteiger partial charge is 0.348 e. The Bertz CT molecular complexity index is 167. The van der Waals surface area contributed by atoms with Crippen molar-refractivity contribution in [1.82, 2.24) is 10.5 Å². The van der Waals surface area contributed by atoms with Gasteiger partial charge in [-0.15, -0.1) is 0 Å². The summed E-state index contributed by atoms with van der Waals surface area (Å²) in [7, 11) is 2.45. The summed E-state index contributed by atoms with van der Waals surface area (Å²) in [5.74, 6) is -1.65. The maximum Gasteiger partial charge on any atom is 0.361 e. The first kappa shape index (κ1) is 10.9. The number of amides is 2. The van der Waals surface area contributed by atoms with Gasteiger partial charge in [-0.2, -0.15) is 0 Å². The molecule has 0 fully saturated rings. The molecule has 0 heterocycles. The Hall–Kier alpha value is -1.14. The maximum atomic E-state index is 11.0. The van der Waals surface area contributed by atoms with Gasteiger partial charge in [-0.1, -0.05) is 5.23 Å². The van der Waals surface area contributed by atoms with Crippen LogP contribution in [0.3, 0.4) is 0 Å². The number of rotatable bonds is 3. The second-order valence-corrected chi connectivity index (χ2v) is 1.79. The van der Waals surface area contributed by atoms with Gasteiger partial charge in [-0.25, -0.2) is 9.68 Å². The topological polar surface area (TPSA) is 67.9 Å². The molecule has 2 amide bonds. The van der Waals surface area contributed by atoms with Gasteiger partial charge >= 0.3 is 11.8 Å². The highest BCUT2D eigenvalue weighted by molar-refractivity contribution is 6.34. The van der Waals surface area contributed by atoms with Crippen molar-refractivity contribution in [3.63, 3.8) is 0 Å². The number of carbonyl (C=O) groups is 2. The maximum absolute atomic E-state index is 11.0. The molecule has 6 heteroatoms. The van der Waals surface area contributed by atoms with E-state index in [-0.39, 0.29) is 0 Å². The van der Waals surface area contributed by atoms with Crippen molar-refractivity contribution in [2.24, 2.45) is 0 Å². The monoisotopic (exact) mass is 176 g/mol. The highest BCUT2D eigenvalue weighted by Gasteiger charge is 2.21. The van der Waals surface area contributed by atoms with Crippen LogP contribution in [0.2, 0.25) is 0 Å². The third-order valence-corrected chi connectivity index (χ3v) is 1.03. The molecule has 0 aliphatic heterocycles. The molecule has 0 unspecified atom stereocenters. The second kappa shape index (κ2) is 5.50. The molecule has 0 saturated heterocycles. The van der Waals surface area contributed by atoms with Crippen LogP contribution in [0.1, 0.15) is 6.92 Å². The standard InChI is InChI=1S/C6H12N2O4/c1-4-7-5(9)6(10)8(11-2)12-3/h4H2,1-3H3,(H,7,9). The average molecular weight is 176 g/mol. The Morgan fingerprint density at radius 3 is 2.17 bits per heavy atom. The van der Waals surface area contributed by atoms with Crippen molar-refractivity contribution < 1.29 is 19.3 Å². The Morgan fingerprint density at radius 1 is 1.33 bits per heavy atom. The zero-order valence-electron chi connectivity index (χ0n) is 7.29. The van der Waals surface area contributed by atoms with E-state index in [1.807, 2.05) is 0 Å². The largest absolute Gasteiger partial charge is 0.361 e. The number of nitrogens with zero attached hydrogens (tertiary/aromatic N) is 1. The van der Waals surface area contributed by atoms with Gasteiger partial charge in [-0.05, 0) is 6.92 Å². The number of hydrogen-bond acceptors (Lipinski definition) is 4. The molecule has 0 saturated carbocycles. The molecule has 0 rings (SSSR count). The number of nitrogens with one attached hydrogen (secondary N) is 1. The van der Waals surface area contributed by atoms with E-state index in [0.29, 0.717) is 11.8 Å². The van der Waals surface area contributed by atoms with Crippen LogP contribution < -0.4 is 5.32 Å². The lowest BCUT2D eigenvalue weighted by molar-refractivity contribution is -0.314. The van der Waals surface area contributed by atoms with Crippen molar-refractivity contribution in [2.75, 3.05) is 20.8 Å². The Balaban J connectivity index is 4.07.